The molecule has 0 radical (unpaired) electrons. The van der Waals surface area contributed by atoms with Crippen LogP contribution < -0.4 is 5.32 Å². The molecule has 5 nitrogen and oxygen atoms in total. The summed E-state index contributed by atoms with van der Waals surface area (Å²) in [4.78, 5) is 16.8. The van der Waals surface area contributed by atoms with Crippen LogP contribution in [0.3, 0.4) is 0 Å². The molecule has 2 heterocycles. The van der Waals surface area contributed by atoms with E-state index in [0.29, 0.717) is 13.1 Å². The number of nitrogens with one attached hydrogen (secondary N) is 1. The maximum Gasteiger partial charge on any atom is 0.416 e. The van der Waals surface area contributed by atoms with Crippen molar-refractivity contribution in [3.8, 4) is 0 Å². The molecule has 2 saturated heterocycles. The Morgan fingerprint density at radius 2 is 1.75 bits per heavy atom. The largest absolute Gasteiger partial charge is 0.416 e. The smallest absolute Gasteiger partial charge is 0.379 e. The van der Waals surface area contributed by atoms with E-state index in [2.05, 4.69) is 17.1 Å². The predicted molar refractivity (Wildman–Crippen MR) is 100.0 cm³/mol. The molecule has 0 aromatic heterocycles. The molecule has 8 heteroatoms. The Morgan fingerprint density at radius 3 is 2.36 bits per heavy atom. The highest BCUT2D eigenvalue weighted by Gasteiger charge is 2.38. The van der Waals surface area contributed by atoms with Gasteiger partial charge in [-0.15, -0.1) is 0 Å². The fourth-order valence-corrected chi connectivity index (χ4v) is 4.10. The number of hydrogen-bond acceptors (Lipinski definition) is 3. The number of halogens is 3. The van der Waals surface area contributed by atoms with Crippen LogP contribution in [-0.4, -0.2) is 60.8 Å². The fourth-order valence-electron chi connectivity index (χ4n) is 4.10. The van der Waals surface area contributed by atoms with E-state index in [0.717, 1.165) is 45.2 Å². The number of rotatable bonds is 3. The highest BCUT2D eigenvalue weighted by molar-refractivity contribution is 5.75. The van der Waals surface area contributed by atoms with Gasteiger partial charge in [0.05, 0.1) is 24.8 Å². The number of ether oxygens (including phenoxy) is 1. The van der Waals surface area contributed by atoms with Gasteiger partial charge in [0.25, 0.3) is 0 Å². The second kappa shape index (κ2) is 8.29. The summed E-state index contributed by atoms with van der Waals surface area (Å²) in [5.74, 6) is 0. The van der Waals surface area contributed by atoms with Gasteiger partial charge >= 0.3 is 12.2 Å². The van der Waals surface area contributed by atoms with E-state index in [9.17, 15) is 18.0 Å². The van der Waals surface area contributed by atoms with Crippen molar-refractivity contribution in [3.63, 3.8) is 0 Å². The van der Waals surface area contributed by atoms with Gasteiger partial charge in [-0.25, -0.2) is 4.79 Å². The summed E-state index contributed by atoms with van der Waals surface area (Å²) in [7, 11) is 0. The first-order valence-corrected chi connectivity index (χ1v) is 9.75. The fraction of sp³-hybridized carbons (Fsp3) is 0.650. The topological polar surface area (TPSA) is 44.8 Å². The lowest BCUT2D eigenvalue weighted by molar-refractivity contribution is -0.138. The highest BCUT2D eigenvalue weighted by Crippen LogP contribution is 2.34. The first-order chi connectivity index (χ1) is 13.2. The quantitative estimate of drug-likeness (QED) is 0.844. The van der Waals surface area contributed by atoms with Gasteiger partial charge in [0, 0.05) is 31.7 Å². The zero-order valence-electron chi connectivity index (χ0n) is 16.4. The maximum atomic E-state index is 13.2. The van der Waals surface area contributed by atoms with Gasteiger partial charge in [-0.1, -0.05) is 18.2 Å². The summed E-state index contributed by atoms with van der Waals surface area (Å²) < 4.78 is 45.1. The van der Waals surface area contributed by atoms with E-state index in [1.54, 1.807) is 17.9 Å². The van der Waals surface area contributed by atoms with Crippen molar-refractivity contribution in [3.05, 3.63) is 35.4 Å². The zero-order chi connectivity index (χ0) is 20.4. The van der Waals surface area contributed by atoms with Crippen molar-refractivity contribution in [1.82, 2.24) is 15.1 Å². The van der Waals surface area contributed by atoms with Gasteiger partial charge in [-0.3, -0.25) is 4.90 Å². The molecule has 0 spiro atoms. The summed E-state index contributed by atoms with van der Waals surface area (Å²) in [6.07, 6.45) is -2.76. The minimum atomic E-state index is -4.44. The molecule has 2 aliphatic heterocycles. The zero-order valence-corrected chi connectivity index (χ0v) is 16.4. The van der Waals surface area contributed by atoms with Crippen LogP contribution in [0.5, 0.6) is 0 Å². The van der Waals surface area contributed by atoms with Crippen LogP contribution in [-0.2, 0) is 10.9 Å². The van der Waals surface area contributed by atoms with Crippen LogP contribution >= 0.6 is 0 Å². The third-order valence-electron chi connectivity index (χ3n) is 5.98. The van der Waals surface area contributed by atoms with Gasteiger partial charge in [-0.05, 0) is 38.3 Å². The van der Waals surface area contributed by atoms with Gasteiger partial charge < -0.3 is 15.0 Å². The molecular formula is C20H28F3N3O2. The molecular weight excluding hydrogens is 371 g/mol. The van der Waals surface area contributed by atoms with Gasteiger partial charge in [0.1, 0.15) is 0 Å². The lowest BCUT2D eigenvalue weighted by Gasteiger charge is -2.48. The number of piperidine rings is 1. The second-order valence-electron chi connectivity index (χ2n) is 7.84. The molecule has 1 N–H and O–H groups in total. The summed E-state index contributed by atoms with van der Waals surface area (Å²) >= 11 is 0. The molecule has 1 atom stereocenters. The Bertz CT molecular complexity index is 682. The molecule has 0 aliphatic carbocycles. The Morgan fingerprint density at radius 1 is 1.14 bits per heavy atom. The molecule has 2 fully saturated rings. The van der Waals surface area contributed by atoms with E-state index in [4.69, 9.17) is 4.74 Å². The molecule has 1 unspecified atom stereocenters. The van der Waals surface area contributed by atoms with Gasteiger partial charge in [0.15, 0.2) is 0 Å². The Kier molecular flexibility index (Phi) is 6.19. The van der Waals surface area contributed by atoms with Crippen molar-refractivity contribution < 1.29 is 22.7 Å². The van der Waals surface area contributed by atoms with E-state index >= 15 is 0 Å². The predicted octanol–water partition coefficient (Wildman–Crippen LogP) is 3.66. The van der Waals surface area contributed by atoms with Crippen molar-refractivity contribution in [1.29, 1.82) is 0 Å². The monoisotopic (exact) mass is 399 g/mol. The van der Waals surface area contributed by atoms with Crippen LogP contribution in [0.25, 0.3) is 0 Å². The van der Waals surface area contributed by atoms with Gasteiger partial charge in [-0.2, -0.15) is 13.2 Å². The summed E-state index contributed by atoms with van der Waals surface area (Å²) in [5, 5.41) is 2.74. The van der Waals surface area contributed by atoms with E-state index in [1.807, 2.05) is 0 Å². The first kappa shape index (κ1) is 20.9. The average molecular weight is 399 g/mol. The number of nitrogens with zero attached hydrogens (tertiary/aromatic N) is 2. The molecule has 156 valence electrons. The van der Waals surface area contributed by atoms with Crippen LogP contribution in [0, 0.1) is 0 Å². The van der Waals surface area contributed by atoms with E-state index in [-0.39, 0.29) is 17.1 Å². The Balaban J connectivity index is 1.59. The van der Waals surface area contributed by atoms with Crippen LogP contribution in [0.2, 0.25) is 0 Å². The van der Waals surface area contributed by atoms with Crippen LogP contribution in [0.1, 0.15) is 43.9 Å². The lowest BCUT2D eigenvalue weighted by Crippen LogP contribution is -2.58. The minimum absolute atomic E-state index is 0.0368. The Labute approximate surface area is 163 Å². The highest BCUT2D eigenvalue weighted by atomic mass is 19.4. The summed E-state index contributed by atoms with van der Waals surface area (Å²) in [6.45, 7) is 8.24. The number of carbonyl (C=O) groups is 1. The summed E-state index contributed by atoms with van der Waals surface area (Å²) in [5.41, 5.74) is -0.588. The molecule has 28 heavy (non-hydrogen) atoms. The van der Waals surface area contributed by atoms with Crippen molar-refractivity contribution in [2.24, 2.45) is 0 Å². The third kappa shape index (κ3) is 4.60. The van der Waals surface area contributed by atoms with Crippen molar-refractivity contribution in [2.75, 3.05) is 39.4 Å². The number of urea groups is 1. The standard InChI is InChI=1S/C20H28F3N3O2/c1-15(16-5-3-4-6-17(16)20(21,22)23)24-18(27)25-9-7-19(2,8-10-25)26-11-13-28-14-12-26/h3-6,15H,7-14H2,1-2H3,(H,24,27). The number of benzene rings is 1. The SMILES string of the molecule is CC(NC(=O)N1CCC(C)(N2CCOCC2)CC1)c1ccccc1C(F)(F)F. The van der Waals surface area contributed by atoms with Gasteiger partial charge in [0.2, 0.25) is 0 Å². The van der Waals surface area contributed by atoms with E-state index < -0.39 is 17.8 Å². The number of hydrogen-bond donors (Lipinski definition) is 1. The molecule has 1 aromatic rings. The van der Waals surface area contributed by atoms with Crippen LogP contribution in [0.15, 0.2) is 24.3 Å². The molecule has 2 amide bonds. The number of likely N-dealkylation sites (tertiary alicyclic amines) is 1. The maximum absolute atomic E-state index is 13.2. The first-order valence-electron chi connectivity index (χ1n) is 9.75. The van der Waals surface area contributed by atoms with E-state index in [1.165, 1.54) is 12.1 Å². The number of carbonyl (C=O) groups excluding carboxylic acids is 1. The normalized spacial score (nSPS) is 22.0. The van der Waals surface area contributed by atoms with Crippen LogP contribution in [0.4, 0.5) is 18.0 Å². The molecule has 2 aliphatic rings. The lowest BCUT2D eigenvalue weighted by atomic mass is 9.87. The van der Waals surface area contributed by atoms with Crippen molar-refractivity contribution >= 4 is 6.03 Å². The molecule has 1 aromatic carbocycles. The number of alkyl halides is 3. The number of amides is 2. The summed E-state index contributed by atoms with van der Waals surface area (Å²) in [6, 6.07) is 4.35. The molecule has 3 rings (SSSR count). The average Bonchev–Trinajstić information content (AvgIpc) is 2.68. The minimum Gasteiger partial charge on any atom is -0.379 e. The third-order valence-corrected chi connectivity index (χ3v) is 5.98. The number of morpholine rings is 1. The van der Waals surface area contributed by atoms with Crippen molar-refractivity contribution in [2.45, 2.75) is 44.4 Å². The second-order valence-corrected chi connectivity index (χ2v) is 7.84. The molecule has 0 bridgehead atoms. The Hall–Kier alpha value is -1.80. The molecule has 0 saturated carbocycles.